The summed E-state index contributed by atoms with van der Waals surface area (Å²) in [6, 6.07) is 4.90. The second-order valence-corrected chi connectivity index (χ2v) is 6.56. The van der Waals surface area contributed by atoms with E-state index in [4.69, 9.17) is 4.98 Å². The Morgan fingerprint density at radius 3 is 2.83 bits per heavy atom. The smallest absolute Gasteiger partial charge is 0.319 e. The number of aromatic hydroxyl groups is 1. The van der Waals surface area contributed by atoms with Crippen LogP contribution < -0.4 is 10.6 Å². The number of anilines is 1. The highest BCUT2D eigenvalue weighted by Crippen LogP contribution is 2.32. The monoisotopic (exact) mass is 328 g/mol. The van der Waals surface area contributed by atoms with Crippen LogP contribution in [-0.2, 0) is 13.0 Å². The molecule has 1 aliphatic heterocycles. The van der Waals surface area contributed by atoms with Crippen LogP contribution in [0.15, 0.2) is 18.2 Å². The van der Waals surface area contributed by atoms with Gasteiger partial charge in [-0.1, -0.05) is 0 Å². The fourth-order valence-electron chi connectivity index (χ4n) is 3.11. The van der Waals surface area contributed by atoms with Gasteiger partial charge in [-0.25, -0.2) is 9.78 Å². The molecule has 6 nitrogen and oxygen atoms in total. The van der Waals surface area contributed by atoms with E-state index in [1.54, 1.807) is 12.1 Å². The summed E-state index contributed by atoms with van der Waals surface area (Å²) in [4.78, 5) is 16.7. The Balaban J connectivity index is 1.91. The zero-order valence-corrected chi connectivity index (χ0v) is 14.4. The molecule has 1 aromatic heterocycles. The van der Waals surface area contributed by atoms with Crippen LogP contribution in [0.1, 0.15) is 38.2 Å². The molecule has 1 aromatic carbocycles. The van der Waals surface area contributed by atoms with Crippen molar-refractivity contribution in [2.24, 2.45) is 0 Å². The van der Waals surface area contributed by atoms with Crippen molar-refractivity contribution in [2.45, 2.75) is 52.6 Å². The molecule has 24 heavy (non-hydrogen) atoms. The topological polar surface area (TPSA) is 79.2 Å². The zero-order chi connectivity index (χ0) is 17.3. The van der Waals surface area contributed by atoms with E-state index in [0.29, 0.717) is 5.69 Å². The number of phenols is 1. The van der Waals surface area contributed by atoms with Crippen molar-refractivity contribution in [2.75, 3.05) is 5.32 Å². The number of imidazole rings is 1. The highest BCUT2D eigenvalue weighted by molar-refractivity contribution is 5.92. The Morgan fingerprint density at radius 1 is 1.33 bits per heavy atom. The van der Waals surface area contributed by atoms with Gasteiger partial charge < -0.3 is 20.3 Å². The minimum atomic E-state index is -0.335. The number of nitrogens with one attached hydrogen (secondary N) is 2. The SMILES string of the molecule is Cc1c(-c2ccc(O)c(NC(=O)NC(C)C)c2)nc2n1CCCC2. The van der Waals surface area contributed by atoms with E-state index in [9.17, 15) is 9.90 Å². The number of aromatic nitrogens is 2. The van der Waals surface area contributed by atoms with Gasteiger partial charge in [0.2, 0.25) is 0 Å². The number of aryl methyl sites for hydroxylation is 1. The predicted molar refractivity (Wildman–Crippen MR) is 94.3 cm³/mol. The third-order valence-electron chi connectivity index (χ3n) is 4.27. The maximum atomic E-state index is 11.9. The molecular weight excluding hydrogens is 304 g/mol. The molecule has 0 saturated carbocycles. The van der Waals surface area contributed by atoms with Gasteiger partial charge in [0, 0.05) is 30.3 Å². The van der Waals surface area contributed by atoms with Crippen LogP contribution in [0.25, 0.3) is 11.3 Å². The zero-order valence-electron chi connectivity index (χ0n) is 14.4. The number of hydrogen-bond donors (Lipinski definition) is 3. The first kappa shape index (κ1) is 16.4. The van der Waals surface area contributed by atoms with Gasteiger partial charge in [-0.2, -0.15) is 0 Å². The minimum Gasteiger partial charge on any atom is -0.506 e. The van der Waals surface area contributed by atoms with E-state index in [-0.39, 0.29) is 17.8 Å². The van der Waals surface area contributed by atoms with E-state index in [0.717, 1.165) is 35.7 Å². The van der Waals surface area contributed by atoms with Crippen LogP contribution in [-0.4, -0.2) is 26.7 Å². The molecule has 2 heterocycles. The molecule has 1 aliphatic rings. The number of carbonyl (C=O) groups excluding carboxylic acids is 1. The van der Waals surface area contributed by atoms with E-state index < -0.39 is 0 Å². The number of benzene rings is 1. The summed E-state index contributed by atoms with van der Waals surface area (Å²) in [5, 5.41) is 15.5. The predicted octanol–water partition coefficient (Wildman–Crippen LogP) is 3.43. The lowest BCUT2D eigenvalue weighted by Crippen LogP contribution is -2.34. The number of hydrogen-bond acceptors (Lipinski definition) is 3. The molecule has 0 radical (unpaired) electrons. The third kappa shape index (κ3) is 3.22. The maximum Gasteiger partial charge on any atom is 0.319 e. The standard InChI is InChI=1S/C18H24N4O2/c1-11(2)19-18(24)20-14-10-13(7-8-15(14)23)17-12(3)22-9-5-4-6-16(22)21-17/h7-8,10-11,23H,4-6,9H2,1-3H3,(H2,19,20,24). The molecule has 0 unspecified atom stereocenters. The third-order valence-corrected chi connectivity index (χ3v) is 4.27. The van der Waals surface area contributed by atoms with Crippen LogP contribution in [0.4, 0.5) is 10.5 Å². The highest BCUT2D eigenvalue weighted by Gasteiger charge is 2.19. The van der Waals surface area contributed by atoms with Gasteiger partial charge in [-0.3, -0.25) is 0 Å². The summed E-state index contributed by atoms with van der Waals surface area (Å²) < 4.78 is 2.27. The maximum absolute atomic E-state index is 11.9. The van der Waals surface area contributed by atoms with Gasteiger partial charge in [0.15, 0.2) is 0 Å². The van der Waals surface area contributed by atoms with Gasteiger partial charge in [0.1, 0.15) is 11.6 Å². The summed E-state index contributed by atoms with van der Waals surface area (Å²) in [7, 11) is 0. The second kappa shape index (κ2) is 6.55. The first-order chi connectivity index (χ1) is 11.5. The van der Waals surface area contributed by atoms with Crippen molar-refractivity contribution >= 4 is 11.7 Å². The Kier molecular flexibility index (Phi) is 4.46. The lowest BCUT2D eigenvalue weighted by Gasteiger charge is -2.14. The Hall–Kier alpha value is -2.50. The molecular formula is C18H24N4O2. The van der Waals surface area contributed by atoms with E-state index in [1.165, 1.54) is 12.8 Å². The first-order valence-electron chi connectivity index (χ1n) is 8.42. The van der Waals surface area contributed by atoms with Crippen molar-refractivity contribution < 1.29 is 9.90 Å². The number of amides is 2. The quantitative estimate of drug-likeness (QED) is 0.755. The first-order valence-corrected chi connectivity index (χ1v) is 8.42. The molecule has 0 atom stereocenters. The van der Waals surface area contributed by atoms with E-state index in [1.807, 2.05) is 19.9 Å². The second-order valence-electron chi connectivity index (χ2n) is 6.56. The van der Waals surface area contributed by atoms with Crippen LogP contribution in [0.5, 0.6) is 5.75 Å². The molecule has 0 bridgehead atoms. The van der Waals surface area contributed by atoms with Gasteiger partial charge in [-0.15, -0.1) is 0 Å². The van der Waals surface area contributed by atoms with Crippen LogP contribution in [0.3, 0.4) is 0 Å². The van der Waals surface area contributed by atoms with E-state index >= 15 is 0 Å². The number of urea groups is 1. The summed E-state index contributed by atoms with van der Waals surface area (Å²) in [5.74, 6) is 1.16. The fraction of sp³-hybridized carbons (Fsp3) is 0.444. The lowest BCUT2D eigenvalue weighted by atomic mass is 10.1. The molecule has 0 fully saturated rings. The number of rotatable bonds is 3. The summed E-state index contributed by atoms with van der Waals surface area (Å²) in [6.45, 7) is 6.85. The summed E-state index contributed by atoms with van der Waals surface area (Å²) >= 11 is 0. The Labute approximate surface area is 141 Å². The minimum absolute atomic E-state index is 0.0254. The summed E-state index contributed by atoms with van der Waals surface area (Å²) in [6.07, 6.45) is 3.36. The number of fused-ring (bicyclic) bond motifs is 1. The largest absolute Gasteiger partial charge is 0.506 e. The van der Waals surface area contributed by atoms with Crippen molar-refractivity contribution in [3.05, 3.63) is 29.7 Å². The van der Waals surface area contributed by atoms with Crippen molar-refractivity contribution in [3.8, 4) is 17.0 Å². The fourth-order valence-corrected chi connectivity index (χ4v) is 3.11. The van der Waals surface area contributed by atoms with Gasteiger partial charge in [-0.05, 0) is 51.8 Å². The molecule has 2 aromatic rings. The average molecular weight is 328 g/mol. The number of carbonyl (C=O) groups is 1. The molecule has 128 valence electrons. The Morgan fingerprint density at radius 2 is 2.12 bits per heavy atom. The van der Waals surface area contributed by atoms with Gasteiger partial charge in [0.05, 0.1) is 11.4 Å². The van der Waals surface area contributed by atoms with Crippen LogP contribution in [0, 0.1) is 6.92 Å². The van der Waals surface area contributed by atoms with Crippen molar-refractivity contribution in [1.82, 2.24) is 14.9 Å². The molecule has 0 saturated heterocycles. The van der Waals surface area contributed by atoms with Gasteiger partial charge in [0.25, 0.3) is 0 Å². The van der Waals surface area contributed by atoms with Gasteiger partial charge >= 0.3 is 6.03 Å². The molecule has 3 N–H and O–H groups in total. The number of nitrogens with zero attached hydrogens (tertiary/aromatic N) is 2. The van der Waals surface area contributed by atoms with Crippen LogP contribution >= 0.6 is 0 Å². The molecule has 6 heteroatoms. The molecule has 0 spiro atoms. The Bertz CT molecular complexity index is 765. The molecule has 3 rings (SSSR count). The number of phenolic OH excluding ortho intramolecular Hbond substituents is 1. The molecule has 0 aliphatic carbocycles. The average Bonchev–Trinajstić information content (AvgIpc) is 2.86. The van der Waals surface area contributed by atoms with E-state index in [2.05, 4.69) is 22.1 Å². The highest BCUT2D eigenvalue weighted by atomic mass is 16.3. The lowest BCUT2D eigenvalue weighted by molar-refractivity contribution is 0.250. The van der Waals surface area contributed by atoms with Crippen molar-refractivity contribution in [1.29, 1.82) is 0 Å². The summed E-state index contributed by atoms with van der Waals surface area (Å²) in [5.41, 5.74) is 3.33. The van der Waals surface area contributed by atoms with Crippen molar-refractivity contribution in [3.63, 3.8) is 0 Å². The normalized spacial score (nSPS) is 13.7. The molecule has 2 amide bonds. The van der Waals surface area contributed by atoms with Crippen LogP contribution in [0.2, 0.25) is 0 Å².